The number of fused-ring (bicyclic) bond motifs is 1. The zero-order valence-corrected chi connectivity index (χ0v) is 9.39. The van der Waals surface area contributed by atoms with Crippen LogP contribution in [0, 0.1) is 0 Å². The van der Waals surface area contributed by atoms with E-state index in [0.717, 1.165) is 46.4 Å². The minimum absolute atomic E-state index is 0.155. The van der Waals surface area contributed by atoms with E-state index < -0.39 is 0 Å². The van der Waals surface area contributed by atoms with Gasteiger partial charge in [-0.25, -0.2) is 0 Å². The molecule has 1 aliphatic carbocycles. The van der Waals surface area contributed by atoms with Crippen molar-refractivity contribution in [3.63, 3.8) is 0 Å². The standard InChI is InChI=1S/C13H13N3O/c14-16-13(17)11-8-4-7-10(11)12(15-16)9-5-2-1-3-6-9/h1-3,5-6H,4,7-8,14H2. The maximum atomic E-state index is 11.8. The van der Waals surface area contributed by atoms with E-state index in [1.54, 1.807) is 0 Å². The Morgan fingerprint density at radius 1 is 1.12 bits per heavy atom. The summed E-state index contributed by atoms with van der Waals surface area (Å²) in [6.07, 6.45) is 2.74. The molecule has 1 heterocycles. The van der Waals surface area contributed by atoms with Gasteiger partial charge in [-0.05, 0) is 24.8 Å². The second-order valence-electron chi connectivity index (χ2n) is 4.28. The molecule has 0 aliphatic heterocycles. The summed E-state index contributed by atoms with van der Waals surface area (Å²) in [5.41, 5.74) is 3.62. The van der Waals surface area contributed by atoms with E-state index in [0.29, 0.717) is 0 Å². The summed E-state index contributed by atoms with van der Waals surface area (Å²) < 4.78 is 0. The van der Waals surface area contributed by atoms with Crippen LogP contribution in [-0.4, -0.2) is 9.89 Å². The highest BCUT2D eigenvalue weighted by molar-refractivity contribution is 5.64. The molecular formula is C13H13N3O. The Morgan fingerprint density at radius 2 is 1.82 bits per heavy atom. The van der Waals surface area contributed by atoms with Gasteiger partial charge in [0.2, 0.25) is 0 Å². The van der Waals surface area contributed by atoms with Gasteiger partial charge in [0.25, 0.3) is 5.56 Å². The van der Waals surface area contributed by atoms with E-state index in [1.165, 1.54) is 0 Å². The number of rotatable bonds is 1. The molecule has 0 saturated carbocycles. The molecule has 0 bridgehead atoms. The van der Waals surface area contributed by atoms with Crippen molar-refractivity contribution in [3.05, 3.63) is 51.8 Å². The third-order valence-electron chi connectivity index (χ3n) is 3.22. The van der Waals surface area contributed by atoms with Crippen molar-refractivity contribution in [2.75, 3.05) is 5.84 Å². The minimum atomic E-state index is -0.155. The molecule has 1 aliphatic rings. The van der Waals surface area contributed by atoms with Crippen molar-refractivity contribution in [2.45, 2.75) is 19.3 Å². The fraction of sp³-hybridized carbons (Fsp3) is 0.231. The van der Waals surface area contributed by atoms with Crippen molar-refractivity contribution in [2.24, 2.45) is 0 Å². The maximum absolute atomic E-state index is 11.8. The summed E-state index contributed by atoms with van der Waals surface area (Å²) in [7, 11) is 0. The van der Waals surface area contributed by atoms with Gasteiger partial charge in [-0.3, -0.25) is 4.79 Å². The predicted octanol–water partition coefficient (Wildman–Crippen LogP) is 1.11. The van der Waals surface area contributed by atoms with Crippen LogP contribution >= 0.6 is 0 Å². The lowest BCUT2D eigenvalue weighted by molar-refractivity contribution is 0.753. The van der Waals surface area contributed by atoms with Crippen LogP contribution in [0.1, 0.15) is 17.5 Å². The van der Waals surface area contributed by atoms with E-state index in [-0.39, 0.29) is 5.56 Å². The van der Waals surface area contributed by atoms with E-state index in [1.807, 2.05) is 30.3 Å². The van der Waals surface area contributed by atoms with Crippen molar-refractivity contribution < 1.29 is 0 Å². The number of nitrogen functional groups attached to an aromatic ring is 1. The third-order valence-corrected chi connectivity index (χ3v) is 3.22. The second-order valence-corrected chi connectivity index (χ2v) is 4.28. The zero-order valence-electron chi connectivity index (χ0n) is 9.39. The summed E-state index contributed by atoms with van der Waals surface area (Å²) in [5.74, 6) is 5.62. The Bertz CT molecular complexity index is 617. The predicted molar refractivity (Wildman–Crippen MR) is 66.1 cm³/mol. The monoisotopic (exact) mass is 227 g/mol. The van der Waals surface area contributed by atoms with Crippen LogP contribution in [0.25, 0.3) is 11.3 Å². The summed E-state index contributed by atoms with van der Waals surface area (Å²) >= 11 is 0. The van der Waals surface area contributed by atoms with Gasteiger partial charge >= 0.3 is 0 Å². The molecule has 86 valence electrons. The summed E-state index contributed by atoms with van der Waals surface area (Å²) in [4.78, 5) is 12.8. The number of aromatic nitrogens is 2. The smallest absolute Gasteiger partial charge is 0.289 e. The first kappa shape index (κ1) is 10.1. The molecular weight excluding hydrogens is 214 g/mol. The Hall–Kier alpha value is -2.10. The second kappa shape index (κ2) is 3.73. The molecule has 0 fully saturated rings. The number of hydrogen-bond donors (Lipinski definition) is 1. The van der Waals surface area contributed by atoms with E-state index in [2.05, 4.69) is 5.10 Å². The molecule has 4 heteroatoms. The quantitative estimate of drug-likeness (QED) is 0.742. The molecule has 0 radical (unpaired) electrons. The fourth-order valence-corrected chi connectivity index (χ4v) is 2.42. The van der Waals surface area contributed by atoms with Crippen LogP contribution in [0.2, 0.25) is 0 Å². The highest BCUT2D eigenvalue weighted by Crippen LogP contribution is 2.27. The Labute approximate surface area is 98.7 Å². The van der Waals surface area contributed by atoms with Crippen LogP contribution in [0.15, 0.2) is 35.1 Å². The van der Waals surface area contributed by atoms with E-state index in [9.17, 15) is 4.79 Å². The van der Waals surface area contributed by atoms with Gasteiger partial charge in [0.15, 0.2) is 0 Å². The molecule has 1 aromatic heterocycles. The first-order chi connectivity index (χ1) is 8.27. The Kier molecular flexibility index (Phi) is 2.21. The summed E-state index contributed by atoms with van der Waals surface area (Å²) in [5, 5.41) is 4.20. The first-order valence-corrected chi connectivity index (χ1v) is 5.73. The molecule has 0 unspecified atom stereocenters. The van der Waals surface area contributed by atoms with E-state index >= 15 is 0 Å². The van der Waals surface area contributed by atoms with Gasteiger partial charge < -0.3 is 5.84 Å². The summed E-state index contributed by atoms with van der Waals surface area (Å²) in [6.45, 7) is 0. The molecule has 0 spiro atoms. The number of benzene rings is 1. The van der Waals surface area contributed by atoms with Gasteiger partial charge in [-0.2, -0.15) is 0 Å². The van der Waals surface area contributed by atoms with Gasteiger partial charge in [-0.1, -0.05) is 30.3 Å². The van der Waals surface area contributed by atoms with Gasteiger partial charge in [0, 0.05) is 11.1 Å². The molecule has 0 saturated heterocycles. The molecule has 4 nitrogen and oxygen atoms in total. The van der Waals surface area contributed by atoms with Crippen LogP contribution < -0.4 is 11.4 Å². The molecule has 17 heavy (non-hydrogen) atoms. The Morgan fingerprint density at radius 3 is 2.59 bits per heavy atom. The van der Waals surface area contributed by atoms with Gasteiger partial charge in [0.1, 0.15) is 0 Å². The maximum Gasteiger partial charge on any atom is 0.289 e. The zero-order chi connectivity index (χ0) is 11.8. The molecule has 0 amide bonds. The number of nitrogens with zero attached hydrogens (tertiary/aromatic N) is 2. The van der Waals surface area contributed by atoms with Crippen molar-refractivity contribution in [1.29, 1.82) is 0 Å². The lowest BCUT2D eigenvalue weighted by Crippen LogP contribution is -2.33. The van der Waals surface area contributed by atoms with Gasteiger partial charge in [-0.15, -0.1) is 9.89 Å². The van der Waals surface area contributed by atoms with Crippen LogP contribution in [0.3, 0.4) is 0 Å². The third kappa shape index (κ3) is 1.53. The number of hydrogen-bond acceptors (Lipinski definition) is 3. The number of nitrogens with two attached hydrogens (primary N) is 1. The molecule has 2 N–H and O–H groups in total. The van der Waals surface area contributed by atoms with Crippen LogP contribution in [-0.2, 0) is 12.8 Å². The average molecular weight is 227 g/mol. The topological polar surface area (TPSA) is 60.9 Å². The summed E-state index contributed by atoms with van der Waals surface area (Å²) in [6, 6.07) is 9.87. The van der Waals surface area contributed by atoms with Crippen LogP contribution in [0.4, 0.5) is 0 Å². The molecule has 3 rings (SSSR count). The van der Waals surface area contributed by atoms with Crippen molar-refractivity contribution in [1.82, 2.24) is 9.89 Å². The molecule has 2 aromatic rings. The van der Waals surface area contributed by atoms with Gasteiger partial charge in [0.05, 0.1) is 5.69 Å². The first-order valence-electron chi connectivity index (χ1n) is 5.73. The minimum Gasteiger partial charge on any atom is -0.320 e. The average Bonchev–Trinajstić information content (AvgIpc) is 2.84. The van der Waals surface area contributed by atoms with E-state index in [4.69, 9.17) is 5.84 Å². The normalized spacial score (nSPS) is 13.6. The Balaban J connectivity index is 2.29. The highest BCUT2D eigenvalue weighted by Gasteiger charge is 2.21. The lowest BCUT2D eigenvalue weighted by Gasteiger charge is -2.09. The van der Waals surface area contributed by atoms with Crippen LogP contribution in [0.5, 0.6) is 0 Å². The lowest BCUT2D eigenvalue weighted by atomic mass is 10.0. The van der Waals surface area contributed by atoms with Crippen molar-refractivity contribution >= 4 is 0 Å². The highest BCUT2D eigenvalue weighted by atomic mass is 16.1. The SMILES string of the molecule is Nn1nc(-c2ccccc2)c2c(c1=O)CCC2. The molecule has 1 aromatic carbocycles. The fourth-order valence-electron chi connectivity index (χ4n) is 2.42. The largest absolute Gasteiger partial charge is 0.320 e. The van der Waals surface area contributed by atoms with Crippen molar-refractivity contribution in [3.8, 4) is 11.3 Å². The molecule has 0 atom stereocenters.